The molecule has 0 unspecified atom stereocenters. The molecule has 0 heterocycles. The molecule has 0 aliphatic heterocycles. The lowest BCUT2D eigenvalue weighted by Gasteiger charge is -2.25. The van der Waals surface area contributed by atoms with Gasteiger partial charge in [0.05, 0.1) is 0 Å². The first kappa shape index (κ1) is 20.1. The van der Waals surface area contributed by atoms with E-state index in [1.54, 1.807) is 6.07 Å². The Kier molecular flexibility index (Phi) is 7.18. The smallest absolute Gasteiger partial charge is 0.123 e. The molecular formula is C24H26FNO2. The summed E-state index contributed by atoms with van der Waals surface area (Å²) in [5, 5.41) is 10.5. The molecule has 0 spiro atoms. The van der Waals surface area contributed by atoms with Crippen LogP contribution in [0.15, 0.2) is 78.9 Å². The van der Waals surface area contributed by atoms with Crippen molar-refractivity contribution in [2.45, 2.75) is 26.1 Å². The van der Waals surface area contributed by atoms with Crippen LogP contribution in [0.4, 0.5) is 4.39 Å². The Hall–Kier alpha value is -2.69. The van der Waals surface area contributed by atoms with Gasteiger partial charge >= 0.3 is 0 Å². The summed E-state index contributed by atoms with van der Waals surface area (Å²) >= 11 is 0. The second-order valence-corrected chi connectivity index (χ2v) is 7.02. The van der Waals surface area contributed by atoms with Gasteiger partial charge in [0, 0.05) is 19.6 Å². The fourth-order valence-corrected chi connectivity index (χ4v) is 3.18. The van der Waals surface area contributed by atoms with Crippen molar-refractivity contribution < 1.29 is 14.2 Å². The summed E-state index contributed by atoms with van der Waals surface area (Å²) in [6.45, 7) is 3.83. The molecule has 0 aliphatic rings. The highest BCUT2D eigenvalue weighted by atomic mass is 19.1. The highest BCUT2D eigenvalue weighted by molar-refractivity contribution is 5.31. The fraction of sp³-hybridized carbons (Fsp3) is 0.250. The lowest BCUT2D eigenvalue weighted by atomic mass is 10.1. The molecule has 3 rings (SSSR count). The Morgan fingerprint density at radius 2 is 1.57 bits per heavy atom. The molecule has 28 heavy (non-hydrogen) atoms. The van der Waals surface area contributed by atoms with Crippen LogP contribution in [0.25, 0.3) is 0 Å². The Morgan fingerprint density at radius 3 is 2.32 bits per heavy atom. The zero-order chi connectivity index (χ0) is 19.8. The van der Waals surface area contributed by atoms with Gasteiger partial charge in [0.25, 0.3) is 0 Å². The van der Waals surface area contributed by atoms with E-state index in [1.165, 1.54) is 12.1 Å². The van der Waals surface area contributed by atoms with E-state index in [-0.39, 0.29) is 12.4 Å². The van der Waals surface area contributed by atoms with Crippen molar-refractivity contribution in [1.29, 1.82) is 0 Å². The zero-order valence-electron chi connectivity index (χ0n) is 16.1. The van der Waals surface area contributed by atoms with Crippen LogP contribution in [0, 0.1) is 12.7 Å². The molecule has 3 nitrogen and oxygen atoms in total. The molecule has 1 atom stereocenters. The van der Waals surface area contributed by atoms with Crippen LogP contribution in [-0.2, 0) is 13.1 Å². The number of para-hydroxylation sites is 1. The van der Waals surface area contributed by atoms with Gasteiger partial charge in [0.2, 0.25) is 0 Å². The Morgan fingerprint density at radius 1 is 0.893 bits per heavy atom. The Bertz CT molecular complexity index is 869. The van der Waals surface area contributed by atoms with Crippen molar-refractivity contribution >= 4 is 0 Å². The summed E-state index contributed by atoms with van der Waals surface area (Å²) in [6, 6.07) is 24.4. The molecule has 0 radical (unpaired) electrons. The molecule has 0 fully saturated rings. The lowest BCUT2D eigenvalue weighted by molar-refractivity contribution is 0.0626. The first-order chi connectivity index (χ1) is 13.6. The third-order valence-corrected chi connectivity index (χ3v) is 4.54. The van der Waals surface area contributed by atoms with E-state index in [9.17, 15) is 9.50 Å². The summed E-state index contributed by atoms with van der Waals surface area (Å²) in [7, 11) is 0. The zero-order valence-corrected chi connectivity index (χ0v) is 16.1. The average molecular weight is 379 g/mol. The monoisotopic (exact) mass is 379 g/mol. The van der Waals surface area contributed by atoms with Crippen molar-refractivity contribution in [2.24, 2.45) is 0 Å². The van der Waals surface area contributed by atoms with Crippen LogP contribution < -0.4 is 4.74 Å². The molecule has 0 amide bonds. The van der Waals surface area contributed by atoms with Gasteiger partial charge in [-0.25, -0.2) is 4.39 Å². The van der Waals surface area contributed by atoms with E-state index in [4.69, 9.17) is 4.74 Å². The number of aliphatic hydroxyl groups excluding tert-OH is 1. The first-order valence-corrected chi connectivity index (χ1v) is 9.47. The summed E-state index contributed by atoms with van der Waals surface area (Å²) in [4.78, 5) is 2.11. The average Bonchev–Trinajstić information content (AvgIpc) is 2.68. The van der Waals surface area contributed by atoms with E-state index < -0.39 is 6.10 Å². The largest absolute Gasteiger partial charge is 0.491 e. The summed E-state index contributed by atoms with van der Waals surface area (Å²) in [5.74, 6) is 0.530. The number of halogens is 1. The van der Waals surface area contributed by atoms with Gasteiger partial charge in [-0.1, -0.05) is 60.7 Å². The summed E-state index contributed by atoms with van der Waals surface area (Å²) in [6.07, 6.45) is -0.656. The molecule has 1 N–H and O–H groups in total. The number of ether oxygens (including phenoxy) is 1. The summed E-state index contributed by atoms with van der Waals surface area (Å²) in [5.41, 5.74) is 3.06. The van der Waals surface area contributed by atoms with Gasteiger partial charge < -0.3 is 9.84 Å². The van der Waals surface area contributed by atoms with Crippen molar-refractivity contribution in [3.05, 3.63) is 101 Å². The third-order valence-electron chi connectivity index (χ3n) is 4.54. The molecule has 0 bridgehead atoms. The molecule has 146 valence electrons. The van der Waals surface area contributed by atoms with Crippen LogP contribution in [-0.4, -0.2) is 29.3 Å². The van der Waals surface area contributed by atoms with Gasteiger partial charge in [-0.15, -0.1) is 0 Å². The second kappa shape index (κ2) is 10.0. The van der Waals surface area contributed by atoms with Crippen LogP contribution in [0.1, 0.15) is 16.7 Å². The van der Waals surface area contributed by atoms with E-state index >= 15 is 0 Å². The number of hydrogen-bond acceptors (Lipinski definition) is 3. The fourth-order valence-electron chi connectivity index (χ4n) is 3.18. The molecule has 0 aromatic heterocycles. The van der Waals surface area contributed by atoms with Crippen LogP contribution in [0.5, 0.6) is 5.75 Å². The van der Waals surface area contributed by atoms with Crippen molar-refractivity contribution in [3.63, 3.8) is 0 Å². The number of hydrogen-bond donors (Lipinski definition) is 1. The molecule has 3 aromatic rings. The van der Waals surface area contributed by atoms with E-state index in [2.05, 4.69) is 17.0 Å². The van der Waals surface area contributed by atoms with E-state index in [1.807, 2.05) is 55.5 Å². The molecule has 4 heteroatoms. The minimum atomic E-state index is -0.656. The standard InChI is InChI=1S/C24H26FNO2/c1-19-8-5-6-13-24(19)28-18-23(27)17-26(15-20-9-3-2-4-10-20)16-21-11-7-12-22(25)14-21/h2-14,23,27H,15-18H2,1H3/t23-/m0/s1. The maximum absolute atomic E-state index is 13.6. The number of nitrogens with zero attached hydrogens (tertiary/aromatic N) is 1. The predicted molar refractivity (Wildman–Crippen MR) is 110 cm³/mol. The van der Waals surface area contributed by atoms with Gasteiger partial charge in [0.15, 0.2) is 0 Å². The maximum atomic E-state index is 13.6. The quantitative estimate of drug-likeness (QED) is 0.591. The Balaban J connectivity index is 1.64. The molecule has 3 aromatic carbocycles. The first-order valence-electron chi connectivity index (χ1n) is 9.47. The van der Waals surface area contributed by atoms with Crippen molar-refractivity contribution in [3.8, 4) is 5.75 Å². The molecular weight excluding hydrogens is 353 g/mol. The van der Waals surface area contributed by atoms with Gasteiger partial charge in [-0.2, -0.15) is 0 Å². The minimum absolute atomic E-state index is 0.208. The minimum Gasteiger partial charge on any atom is -0.491 e. The van der Waals surface area contributed by atoms with Crippen molar-refractivity contribution in [1.82, 2.24) is 4.90 Å². The van der Waals surface area contributed by atoms with E-state index in [0.29, 0.717) is 19.6 Å². The maximum Gasteiger partial charge on any atom is 0.123 e. The SMILES string of the molecule is Cc1ccccc1OC[C@@H](O)CN(Cc1ccccc1)Cc1cccc(F)c1. The van der Waals surface area contributed by atoms with Crippen LogP contribution >= 0.6 is 0 Å². The lowest BCUT2D eigenvalue weighted by Crippen LogP contribution is -2.35. The van der Waals surface area contributed by atoms with E-state index in [0.717, 1.165) is 22.4 Å². The van der Waals surface area contributed by atoms with Gasteiger partial charge in [0.1, 0.15) is 24.3 Å². The predicted octanol–water partition coefficient (Wildman–Crippen LogP) is 4.58. The third kappa shape index (κ3) is 6.19. The van der Waals surface area contributed by atoms with Crippen LogP contribution in [0.2, 0.25) is 0 Å². The molecule has 0 saturated heterocycles. The summed E-state index contributed by atoms with van der Waals surface area (Å²) < 4.78 is 19.3. The number of aliphatic hydroxyl groups is 1. The molecule has 0 aliphatic carbocycles. The normalized spacial score (nSPS) is 12.1. The van der Waals surface area contributed by atoms with Crippen LogP contribution in [0.3, 0.4) is 0 Å². The Labute approximate surface area is 166 Å². The highest BCUT2D eigenvalue weighted by Crippen LogP contribution is 2.17. The highest BCUT2D eigenvalue weighted by Gasteiger charge is 2.14. The topological polar surface area (TPSA) is 32.7 Å². The number of aryl methyl sites for hydroxylation is 1. The molecule has 0 saturated carbocycles. The number of rotatable bonds is 9. The van der Waals surface area contributed by atoms with Crippen molar-refractivity contribution in [2.75, 3.05) is 13.2 Å². The van der Waals surface area contributed by atoms with Gasteiger partial charge in [-0.3, -0.25) is 4.90 Å². The van der Waals surface area contributed by atoms with Gasteiger partial charge in [-0.05, 0) is 41.8 Å². The number of benzene rings is 3. The second-order valence-electron chi connectivity index (χ2n) is 7.02.